The van der Waals surface area contributed by atoms with Crippen LogP contribution in [0, 0.1) is 11.8 Å². The number of aliphatic carboxylic acids is 1. The molecule has 0 bridgehead atoms. The van der Waals surface area contributed by atoms with Crippen molar-refractivity contribution < 1.29 is 14.7 Å². The Bertz CT molecular complexity index is 458. The summed E-state index contributed by atoms with van der Waals surface area (Å²) in [6.07, 6.45) is 1.99. The lowest BCUT2D eigenvalue weighted by atomic mass is 9.79. The van der Waals surface area contributed by atoms with Gasteiger partial charge < -0.3 is 9.90 Å². The number of carbonyl (C=O) groups excluding carboxylic acids is 2. The number of hydrogen-bond acceptors (Lipinski definition) is 4. The Labute approximate surface area is 117 Å². The first-order valence-corrected chi connectivity index (χ1v) is 7.41. The van der Waals surface area contributed by atoms with Crippen LogP contribution in [0.3, 0.4) is 0 Å². The summed E-state index contributed by atoms with van der Waals surface area (Å²) in [5.41, 5.74) is 0. The standard InChI is InChI=1S/C15H18O3S/c1-10(15(17)18)13-8-7-12(9-14(13)16)19-11-5-3-2-4-6-11/h2-6,10,12-13H,7-9H2,1H3,(H,17,18)/p-1. The van der Waals surface area contributed by atoms with Gasteiger partial charge in [0.1, 0.15) is 5.78 Å². The second kappa shape index (κ2) is 6.24. The van der Waals surface area contributed by atoms with Gasteiger partial charge in [-0.2, -0.15) is 0 Å². The molecule has 0 saturated heterocycles. The van der Waals surface area contributed by atoms with Crippen molar-refractivity contribution in [1.29, 1.82) is 0 Å². The van der Waals surface area contributed by atoms with Gasteiger partial charge in [-0.15, -0.1) is 11.8 Å². The van der Waals surface area contributed by atoms with Crippen molar-refractivity contribution in [1.82, 2.24) is 0 Å². The fraction of sp³-hybridized carbons (Fsp3) is 0.467. The summed E-state index contributed by atoms with van der Waals surface area (Å²) < 4.78 is 0. The smallest absolute Gasteiger partial charge is 0.137 e. The molecule has 3 atom stereocenters. The number of hydrogen-bond donors (Lipinski definition) is 0. The summed E-state index contributed by atoms with van der Waals surface area (Å²) in [5, 5.41) is 11.1. The van der Waals surface area contributed by atoms with Crippen LogP contribution in [-0.2, 0) is 9.59 Å². The van der Waals surface area contributed by atoms with Crippen LogP contribution in [0.25, 0.3) is 0 Å². The van der Waals surface area contributed by atoms with Crippen LogP contribution in [0.15, 0.2) is 35.2 Å². The Morgan fingerprint density at radius 1 is 1.32 bits per heavy atom. The van der Waals surface area contributed by atoms with Gasteiger partial charge >= 0.3 is 0 Å². The Balaban J connectivity index is 1.93. The van der Waals surface area contributed by atoms with Gasteiger partial charge in [-0.25, -0.2) is 0 Å². The zero-order chi connectivity index (χ0) is 13.8. The number of rotatable bonds is 4. The van der Waals surface area contributed by atoms with Gasteiger partial charge in [-0.05, 0) is 25.0 Å². The molecule has 3 nitrogen and oxygen atoms in total. The van der Waals surface area contributed by atoms with Gasteiger partial charge in [0.2, 0.25) is 0 Å². The topological polar surface area (TPSA) is 57.2 Å². The summed E-state index contributed by atoms with van der Waals surface area (Å²) >= 11 is 1.71. The van der Waals surface area contributed by atoms with E-state index in [1.165, 1.54) is 0 Å². The number of ketones is 1. The summed E-state index contributed by atoms with van der Waals surface area (Å²) in [7, 11) is 0. The van der Waals surface area contributed by atoms with Crippen molar-refractivity contribution in [3.05, 3.63) is 30.3 Å². The molecule has 1 aromatic carbocycles. The van der Waals surface area contributed by atoms with Crippen LogP contribution in [0.1, 0.15) is 26.2 Å². The fourth-order valence-electron chi connectivity index (χ4n) is 2.49. The minimum Gasteiger partial charge on any atom is -0.550 e. The van der Waals surface area contributed by atoms with Gasteiger partial charge in [-0.1, -0.05) is 25.1 Å². The van der Waals surface area contributed by atoms with E-state index in [2.05, 4.69) is 0 Å². The molecule has 1 saturated carbocycles. The maximum absolute atomic E-state index is 12.0. The van der Waals surface area contributed by atoms with Gasteiger partial charge in [0, 0.05) is 34.4 Å². The second-order valence-corrected chi connectivity index (χ2v) is 6.39. The van der Waals surface area contributed by atoms with E-state index in [1.807, 2.05) is 30.3 Å². The minimum atomic E-state index is -1.12. The Morgan fingerprint density at radius 3 is 2.58 bits per heavy atom. The van der Waals surface area contributed by atoms with Crippen molar-refractivity contribution in [3.8, 4) is 0 Å². The largest absolute Gasteiger partial charge is 0.550 e. The van der Waals surface area contributed by atoms with Crippen LogP contribution in [0.5, 0.6) is 0 Å². The van der Waals surface area contributed by atoms with Gasteiger partial charge in [-0.3, -0.25) is 4.79 Å². The third-order valence-corrected chi connectivity index (χ3v) is 4.94. The number of Topliss-reactive ketones (excluding diaryl/α,β-unsaturated/α-hetero) is 1. The summed E-state index contributed by atoms with van der Waals surface area (Å²) in [4.78, 5) is 24.0. The average Bonchev–Trinajstić information content (AvgIpc) is 2.39. The quantitative estimate of drug-likeness (QED) is 0.843. The highest BCUT2D eigenvalue weighted by Gasteiger charge is 2.32. The molecule has 1 aromatic rings. The first-order valence-electron chi connectivity index (χ1n) is 6.53. The van der Waals surface area contributed by atoms with Crippen molar-refractivity contribution in [2.75, 3.05) is 0 Å². The first-order chi connectivity index (χ1) is 9.08. The highest BCUT2D eigenvalue weighted by molar-refractivity contribution is 8.00. The maximum Gasteiger partial charge on any atom is 0.137 e. The average molecular weight is 277 g/mol. The highest BCUT2D eigenvalue weighted by Crippen LogP contribution is 2.36. The van der Waals surface area contributed by atoms with Crippen LogP contribution in [0.2, 0.25) is 0 Å². The van der Waals surface area contributed by atoms with Crippen LogP contribution < -0.4 is 5.11 Å². The molecular weight excluding hydrogens is 260 g/mol. The molecule has 1 aliphatic rings. The molecule has 1 aliphatic carbocycles. The lowest BCUT2D eigenvalue weighted by Crippen LogP contribution is -2.40. The maximum atomic E-state index is 12.0. The van der Waals surface area contributed by atoms with E-state index in [0.29, 0.717) is 12.8 Å². The number of thioether (sulfide) groups is 1. The normalized spacial score (nSPS) is 25.0. The van der Waals surface area contributed by atoms with Crippen molar-refractivity contribution in [2.24, 2.45) is 11.8 Å². The predicted molar refractivity (Wildman–Crippen MR) is 72.6 cm³/mol. The zero-order valence-corrected chi connectivity index (χ0v) is 11.7. The predicted octanol–water partition coefficient (Wildman–Crippen LogP) is 1.90. The lowest BCUT2D eigenvalue weighted by Gasteiger charge is -2.31. The van der Waals surface area contributed by atoms with Crippen LogP contribution >= 0.6 is 11.8 Å². The van der Waals surface area contributed by atoms with Crippen molar-refractivity contribution in [2.45, 2.75) is 36.3 Å². The zero-order valence-electron chi connectivity index (χ0n) is 10.9. The van der Waals surface area contributed by atoms with Gasteiger partial charge in [0.15, 0.2) is 0 Å². The van der Waals surface area contributed by atoms with Crippen LogP contribution in [0.4, 0.5) is 0 Å². The highest BCUT2D eigenvalue weighted by atomic mass is 32.2. The minimum absolute atomic E-state index is 0.0661. The molecular formula is C15H17O3S-. The van der Waals surface area contributed by atoms with E-state index in [4.69, 9.17) is 0 Å². The molecule has 0 N–H and O–H groups in total. The van der Waals surface area contributed by atoms with E-state index in [0.717, 1.165) is 11.3 Å². The van der Waals surface area contributed by atoms with Gasteiger partial charge in [0.25, 0.3) is 0 Å². The number of benzene rings is 1. The van der Waals surface area contributed by atoms with Gasteiger partial charge in [0.05, 0.1) is 0 Å². The van der Waals surface area contributed by atoms with Crippen LogP contribution in [-0.4, -0.2) is 17.0 Å². The Morgan fingerprint density at radius 2 is 2.00 bits per heavy atom. The Kier molecular flexibility index (Phi) is 4.64. The molecule has 19 heavy (non-hydrogen) atoms. The van der Waals surface area contributed by atoms with E-state index >= 15 is 0 Å². The summed E-state index contributed by atoms with van der Waals surface area (Å²) in [6, 6.07) is 9.99. The van der Waals surface area contributed by atoms with E-state index in [-0.39, 0.29) is 17.0 Å². The fourth-order valence-corrected chi connectivity index (χ4v) is 3.69. The van der Waals surface area contributed by atoms with Crippen molar-refractivity contribution >= 4 is 23.5 Å². The summed E-state index contributed by atoms with van der Waals surface area (Å²) in [5.74, 6) is -2.09. The van der Waals surface area contributed by atoms with Crippen molar-refractivity contribution in [3.63, 3.8) is 0 Å². The number of carboxylic acids is 1. The lowest BCUT2D eigenvalue weighted by molar-refractivity contribution is -0.312. The molecule has 1 fully saturated rings. The second-order valence-electron chi connectivity index (χ2n) is 5.01. The molecule has 0 radical (unpaired) electrons. The number of carboxylic acid groups (broad SMARTS) is 1. The SMILES string of the molecule is CC(C(=O)[O-])C1CCC(Sc2ccccc2)CC1=O. The molecule has 0 aromatic heterocycles. The molecule has 0 aliphatic heterocycles. The summed E-state index contributed by atoms with van der Waals surface area (Å²) in [6.45, 7) is 1.57. The molecule has 2 rings (SSSR count). The van der Waals surface area contributed by atoms with E-state index < -0.39 is 11.9 Å². The molecule has 4 heteroatoms. The molecule has 0 amide bonds. The molecule has 102 valence electrons. The number of carbonyl (C=O) groups is 2. The van der Waals surface area contributed by atoms with E-state index in [9.17, 15) is 14.7 Å². The monoisotopic (exact) mass is 277 g/mol. The Hall–Kier alpha value is -1.29. The molecule has 3 unspecified atom stereocenters. The third kappa shape index (κ3) is 3.60. The molecule has 0 heterocycles. The van der Waals surface area contributed by atoms with E-state index in [1.54, 1.807) is 18.7 Å². The molecule has 0 spiro atoms. The third-order valence-electron chi connectivity index (χ3n) is 3.66. The first kappa shape index (κ1) is 14.1.